The van der Waals surface area contributed by atoms with Crippen molar-refractivity contribution in [3.8, 4) is 0 Å². The lowest BCUT2D eigenvalue weighted by atomic mass is 9.77. The molecule has 0 unspecified atom stereocenters. The summed E-state index contributed by atoms with van der Waals surface area (Å²) in [5.41, 5.74) is -3.87. The second-order valence-corrected chi connectivity index (χ2v) is 27.8. The highest BCUT2D eigenvalue weighted by atomic mass is 19.4. The molecule has 0 spiro atoms. The number of rotatable bonds is 21. The zero-order chi connectivity index (χ0) is 74.7. The summed E-state index contributed by atoms with van der Waals surface area (Å²) >= 11 is 0. The van der Waals surface area contributed by atoms with Crippen LogP contribution in [0.4, 0.5) is 93.8 Å². The topological polar surface area (TPSA) is 155 Å². The van der Waals surface area contributed by atoms with Crippen molar-refractivity contribution in [2.75, 3.05) is 45.9 Å². The molecule has 0 radical (unpaired) electrons. The summed E-state index contributed by atoms with van der Waals surface area (Å²) in [6.07, 6.45) is -7.11. The van der Waals surface area contributed by atoms with Crippen molar-refractivity contribution in [1.82, 2.24) is 50.4 Å². The first-order chi connectivity index (χ1) is 49.9. The Balaban J connectivity index is 0.000000199. The van der Waals surface area contributed by atoms with Gasteiger partial charge in [-0.3, -0.25) is 0 Å². The number of benzene rings is 5. The van der Waals surface area contributed by atoms with E-state index in [1.807, 2.05) is 30.3 Å². The third kappa shape index (κ3) is 18.5. The lowest BCUT2D eigenvalue weighted by Crippen LogP contribution is -2.39. The molecule has 32 heteroatoms. The van der Waals surface area contributed by atoms with Crippen LogP contribution < -0.4 is 19.6 Å². The van der Waals surface area contributed by atoms with Crippen molar-refractivity contribution in [1.29, 1.82) is 0 Å². The minimum absolute atomic E-state index is 0.0566. The summed E-state index contributed by atoms with van der Waals surface area (Å²) in [5.74, 6) is -1.87. The Morgan fingerprint density at radius 2 is 0.848 bits per heavy atom. The molecule has 562 valence electrons. The molecule has 2 aliphatic carbocycles. The number of fused-ring (bicyclic) bond motifs is 2. The Labute approximate surface area is 593 Å². The molecule has 2 atom stereocenters. The van der Waals surface area contributed by atoms with Gasteiger partial charge in [0.05, 0.1) is 54.0 Å². The highest BCUT2D eigenvalue weighted by molar-refractivity contribution is 5.83. The number of aliphatic hydroxyl groups excluding tert-OH is 1. The molecule has 4 aromatic heterocycles. The van der Waals surface area contributed by atoms with Crippen molar-refractivity contribution < 1.29 is 80.1 Å². The van der Waals surface area contributed by atoms with Crippen molar-refractivity contribution in [2.24, 2.45) is 37.8 Å². The molecular weight excluding hydrogens is 1410 g/mol. The van der Waals surface area contributed by atoms with E-state index < -0.39 is 83.3 Å². The molecule has 2 saturated heterocycles. The van der Waals surface area contributed by atoms with Crippen molar-refractivity contribution in [3.05, 3.63) is 176 Å². The molecule has 6 heterocycles. The van der Waals surface area contributed by atoms with Crippen molar-refractivity contribution in [2.45, 2.75) is 159 Å². The minimum atomic E-state index is -5.04. The van der Waals surface area contributed by atoms with Gasteiger partial charge in [-0.1, -0.05) is 66.2 Å². The molecule has 4 aliphatic rings. The summed E-state index contributed by atoms with van der Waals surface area (Å²) in [7, 11) is 2.94. The number of hydrogen-bond donors (Lipinski definition) is 1. The monoisotopic (exact) mass is 1480 g/mol. The van der Waals surface area contributed by atoms with Gasteiger partial charge in [0.15, 0.2) is 23.3 Å². The maximum atomic E-state index is 14.5. The molecule has 13 rings (SSSR count). The van der Waals surface area contributed by atoms with Gasteiger partial charge in [-0.2, -0.15) is 62.3 Å². The van der Waals surface area contributed by atoms with Crippen molar-refractivity contribution >= 4 is 45.3 Å². The Hall–Kier alpha value is -8.94. The minimum Gasteiger partial charge on any atom is -0.396 e. The zero-order valence-electron chi connectivity index (χ0n) is 57.2. The van der Waals surface area contributed by atoms with Gasteiger partial charge < -0.3 is 29.4 Å². The molecule has 0 amide bonds. The first kappa shape index (κ1) is 75.7. The first-order valence-corrected chi connectivity index (χ1v) is 34.8. The number of alkyl halides is 12. The van der Waals surface area contributed by atoms with E-state index in [4.69, 9.17) is 14.7 Å². The van der Waals surface area contributed by atoms with E-state index in [0.717, 1.165) is 129 Å². The smallest absolute Gasteiger partial charge is 0.396 e. The predicted octanol–water partition coefficient (Wildman–Crippen LogP) is 17.1. The van der Waals surface area contributed by atoms with Crippen LogP contribution in [0.25, 0.3) is 21.8 Å². The van der Waals surface area contributed by atoms with Crippen LogP contribution >= 0.6 is 0 Å². The Kier molecular flexibility index (Phi) is 22.8. The van der Waals surface area contributed by atoms with E-state index in [1.54, 1.807) is 12.1 Å². The third-order valence-corrected chi connectivity index (χ3v) is 20.5. The lowest BCUT2D eigenvalue weighted by molar-refractivity contribution is -0.144. The van der Waals surface area contributed by atoms with E-state index in [2.05, 4.69) is 40.6 Å². The van der Waals surface area contributed by atoms with E-state index in [9.17, 15) is 75.4 Å². The fourth-order valence-corrected chi connectivity index (χ4v) is 15.4. The number of halogens is 16. The fourth-order valence-electron chi connectivity index (χ4n) is 15.4. The number of aryl methyl sites for hydroxylation is 2. The molecule has 5 aromatic carbocycles. The molecule has 4 fully saturated rings. The van der Waals surface area contributed by atoms with E-state index in [1.165, 1.54) is 23.9 Å². The van der Waals surface area contributed by atoms with Crippen LogP contribution in [0.15, 0.2) is 103 Å². The number of anilines is 4. The summed E-state index contributed by atoms with van der Waals surface area (Å²) in [6.45, 7) is 1.42. The van der Waals surface area contributed by atoms with Crippen LogP contribution in [-0.2, 0) is 76.3 Å². The van der Waals surface area contributed by atoms with E-state index in [0.29, 0.717) is 97.0 Å². The van der Waals surface area contributed by atoms with Crippen LogP contribution in [0.2, 0.25) is 0 Å². The van der Waals surface area contributed by atoms with Gasteiger partial charge in [-0.05, 0) is 176 Å². The fraction of sp³-hybridized carbons (Fsp3) is 0.479. The number of ether oxygens (including phenoxy) is 1. The van der Waals surface area contributed by atoms with Gasteiger partial charge in [0, 0.05) is 98.6 Å². The maximum Gasteiger partial charge on any atom is 0.416 e. The molecule has 2 saturated carbocycles. The normalized spacial score (nSPS) is 19.8. The Morgan fingerprint density at radius 3 is 1.22 bits per heavy atom. The number of tetrazole rings is 2. The summed E-state index contributed by atoms with van der Waals surface area (Å²) < 4.78 is 229. The largest absolute Gasteiger partial charge is 0.416 e. The van der Waals surface area contributed by atoms with E-state index >= 15 is 0 Å². The third-order valence-electron chi connectivity index (χ3n) is 20.5. The Morgan fingerprint density at radius 1 is 0.457 bits per heavy atom. The average molecular weight is 1490 g/mol. The lowest BCUT2D eigenvalue weighted by Gasteiger charge is -2.38. The average Bonchev–Trinajstić information content (AvgIpc) is 1.76. The first-order valence-electron chi connectivity index (χ1n) is 34.8. The maximum absolute atomic E-state index is 14.5. The molecule has 105 heavy (non-hydrogen) atoms. The van der Waals surface area contributed by atoms with Crippen LogP contribution in [0.3, 0.4) is 0 Å². The highest BCUT2D eigenvalue weighted by Gasteiger charge is 2.42. The number of aromatic nitrogens is 10. The standard InChI is InChI=1S/C40H41F8N7O.C33H35F8N7O/c1-53-51-38(50-52-53)54(22-27-16-31(39(43,44)45)20-32(17-27)40(46,47)48)23-30-18-29-19-33(41)34(42)21-35(29)49-37(30)55-14-5-8-36(55)28-11-9-25(10-12-28)13-15-56-24-26-6-3-2-4-7-26;1-46-44-31(43-45-46)47(17-20-11-24(32(36,37)38)15-25(12-20)33(39,40)41)18-23-13-22-14-26(34)27(35)16-28(22)42-30(23)48-9-2-3-29(48)21-6-4-19(5-7-21)8-10-49/h2-4,6-7,16-21,25,28,36H,5,8-15,22-24H2,1H3;11-16,19,21,29,49H,2-10,17-18H2,1H3/t25?,28?,36-;19?,21?,29-/m11/s1. The van der Waals surface area contributed by atoms with Crippen LogP contribution in [0, 0.1) is 46.9 Å². The molecule has 16 nitrogen and oxygen atoms in total. The van der Waals surface area contributed by atoms with Gasteiger partial charge in [0.1, 0.15) is 11.6 Å². The second-order valence-electron chi connectivity index (χ2n) is 27.8. The SMILES string of the molecule is Cn1nnc(N(Cc2cc(C(F)(F)F)cc(C(F)(F)F)c2)Cc2cc3cc(F)c(F)cc3nc2N2CCC[C@@H]2C2CCC(CCO)CC2)n1.Cn1nnc(N(Cc2cc(C(F)(F)F)cc(C(F)(F)F)c2)Cc2cc3cc(F)c(F)cc3nc2N2CCC[C@@H]2C2CCC(CCOCc3ccccc3)CC2)n1. The van der Waals surface area contributed by atoms with Crippen LogP contribution in [0.1, 0.15) is 140 Å². The summed E-state index contributed by atoms with van der Waals surface area (Å²) in [5, 5.41) is 34.1. The van der Waals surface area contributed by atoms with Gasteiger partial charge in [-0.25, -0.2) is 27.5 Å². The van der Waals surface area contributed by atoms with E-state index in [-0.39, 0.29) is 88.7 Å². The van der Waals surface area contributed by atoms with Gasteiger partial charge in [0.25, 0.3) is 11.9 Å². The van der Waals surface area contributed by atoms with Gasteiger partial charge >= 0.3 is 24.7 Å². The van der Waals surface area contributed by atoms with Gasteiger partial charge in [0.2, 0.25) is 0 Å². The summed E-state index contributed by atoms with van der Waals surface area (Å²) in [4.78, 5) is 19.0. The Bertz CT molecular complexity index is 4390. The molecular formula is C73H76F16N14O2. The van der Waals surface area contributed by atoms with Crippen molar-refractivity contribution in [3.63, 3.8) is 0 Å². The zero-order valence-corrected chi connectivity index (χ0v) is 57.2. The van der Waals surface area contributed by atoms with Crippen LogP contribution in [-0.4, -0.2) is 93.9 Å². The predicted molar refractivity (Wildman–Crippen MR) is 358 cm³/mol. The molecule has 1 N–H and O–H groups in total. The molecule has 2 aliphatic heterocycles. The molecule has 9 aromatic rings. The summed E-state index contributed by atoms with van der Waals surface area (Å²) in [6, 6.07) is 20.3. The number of pyridine rings is 2. The number of nitrogens with zero attached hydrogens (tertiary/aromatic N) is 14. The second kappa shape index (κ2) is 31.6. The number of aliphatic hydroxyl groups is 1. The quantitative estimate of drug-likeness (QED) is 0.0536. The number of hydrogen-bond acceptors (Lipinski definition) is 14. The molecule has 0 bridgehead atoms. The van der Waals surface area contributed by atoms with Gasteiger partial charge in [-0.15, -0.1) is 10.2 Å². The van der Waals surface area contributed by atoms with Crippen LogP contribution in [0.5, 0.6) is 0 Å². The highest BCUT2D eigenvalue weighted by Crippen LogP contribution is 2.45.